The molecule has 0 saturated heterocycles. The van der Waals surface area contributed by atoms with Gasteiger partial charge in [0.1, 0.15) is 0 Å². The SMILES string of the molecule is C=C/C(=C\C=C(/C)C(F)(F)POCC)Cn1cc(CC2=CCCC=C2)c2ccccc21. The van der Waals surface area contributed by atoms with E-state index in [0.29, 0.717) is 6.54 Å². The van der Waals surface area contributed by atoms with Crippen molar-refractivity contribution in [2.45, 2.75) is 45.3 Å². The minimum atomic E-state index is -2.95. The zero-order chi connectivity index (χ0) is 22.3. The molecule has 0 radical (unpaired) electrons. The summed E-state index contributed by atoms with van der Waals surface area (Å²) in [6, 6.07) is 8.33. The minimum Gasteiger partial charge on any atom is -0.356 e. The number of hydrogen-bond acceptors (Lipinski definition) is 1. The Labute approximate surface area is 185 Å². The largest absolute Gasteiger partial charge is 0.356 e. The summed E-state index contributed by atoms with van der Waals surface area (Å²) in [7, 11) is -0.864. The summed E-state index contributed by atoms with van der Waals surface area (Å²) in [5, 5.41) is 1.22. The highest BCUT2D eigenvalue weighted by atomic mass is 31.1. The molecule has 31 heavy (non-hydrogen) atoms. The van der Waals surface area contributed by atoms with E-state index in [9.17, 15) is 8.78 Å². The fraction of sp³-hybridized carbons (Fsp3) is 0.308. The highest BCUT2D eigenvalue weighted by Crippen LogP contribution is 2.42. The predicted molar refractivity (Wildman–Crippen MR) is 129 cm³/mol. The third-order valence-corrected chi connectivity index (χ3v) is 6.42. The summed E-state index contributed by atoms with van der Waals surface area (Å²) < 4.78 is 35.5. The molecule has 1 heterocycles. The number of para-hydroxylation sites is 1. The molecule has 2 aromatic rings. The van der Waals surface area contributed by atoms with Gasteiger partial charge in [-0.2, -0.15) is 8.78 Å². The van der Waals surface area contributed by atoms with Gasteiger partial charge in [-0.3, -0.25) is 0 Å². The van der Waals surface area contributed by atoms with E-state index in [0.717, 1.165) is 30.4 Å². The van der Waals surface area contributed by atoms with Crippen molar-refractivity contribution >= 4 is 19.7 Å². The molecule has 0 fully saturated rings. The van der Waals surface area contributed by atoms with Crippen molar-refractivity contribution in [3.8, 4) is 0 Å². The average molecular weight is 442 g/mol. The van der Waals surface area contributed by atoms with Gasteiger partial charge in [-0.25, -0.2) is 0 Å². The molecular weight excluding hydrogens is 411 g/mol. The fourth-order valence-electron chi connectivity index (χ4n) is 3.58. The summed E-state index contributed by atoms with van der Waals surface area (Å²) >= 11 is 0. The smallest absolute Gasteiger partial charge is 0.307 e. The van der Waals surface area contributed by atoms with Crippen LogP contribution in [0.25, 0.3) is 10.9 Å². The van der Waals surface area contributed by atoms with Gasteiger partial charge in [-0.15, -0.1) is 0 Å². The van der Waals surface area contributed by atoms with E-state index >= 15 is 0 Å². The first-order valence-electron chi connectivity index (χ1n) is 10.6. The lowest BCUT2D eigenvalue weighted by atomic mass is 9.99. The maximum absolute atomic E-state index is 14.2. The molecule has 0 aliphatic heterocycles. The first kappa shape index (κ1) is 23.4. The van der Waals surface area contributed by atoms with E-state index < -0.39 is 14.5 Å². The second kappa shape index (κ2) is 10.8. The Hall–Kier alpha value is -2.29. The zero-order valence-corrected chi connectivity index (χ0v) is 19.2. The minimum absolute atomic E-state index is 0.00675. The topological polar surface area (TPSA) is 14.2 Å². The second-order valence-electron chi connectivity index (χ2n) is 7.64. The van der Waals surface area contributed by atoms with Crippen molar-refractivity contribution in [3.05, 3.63) is 95.8 Å². The van der Waals surface area contributed by atoms with E-state index in [4.69, 9.17) is 4.52 Å². The molecule has 0 spiro atoms. The Kier molecular flexibility index (Phi) is 8.17. The first-order valence-corrected chi connectivity index (χ1v) is 11.5. The number of allylic oxidation sites excluding steroid dienone is 9. The number of aromatic nitrogens is 1. The molecule has 1 aromatic carbocycles. The number of alkyl halides is 2. The van der Waals surface area contributed by atoms with Gasteiger partial charge in [0.2, 0.25) is 0 Å². The van der Waals surface area contributed by atoms with Crippen LogP contribution in [0.1, 0.15) is 32.3 Å². The van der Waals surface area contributed by atoms with Gasteiger partial charge in [-0.05, 0) is 55.9 Å². The number of hydrogen-bond donors (Lipinski definition) is 0. The first-order chi connectivity index (χ1) is 14.9. The Morgan fingerprint density at radius 2 is 2.06 bits per heavy atom. The maximum atomic E-state index is 14.2. The Morgan fingerprint density at radius 1 is 1.26 bits per heavy atom. The van der Waals surface area contributed by atoms with Crippen molar-refractivity contribution in [1.82, 2.24) is 4.57 Å². The lowest BCUT2D eigenvalue weighted by molar-refractivity contribution is 0.128. The molecule has 0 bridgehead atoms. The van der Waals surface area contributed by atoms with E-state index in [1.54, 1.807) is 19.1 Å². The van der Waals surface area contributed by atoms with Crippen molar-refractivity contribution in [2.24, 2.45) is 0 Å². The van der Waals surface area contributed by atoms with Crippen LogP contribution in [-0.2, 0) is 17.5 Å². The van der Waals surface area contributed by atoms with Gasteiger partial charge < -0.3 is 9.09 Å². The molecule has 1 atom stereocenters. The Morgan fingerprint density at radius 3 is 2.77 bits per heavy atom. The highest BCUT2D eigenvalue weighted by Gasteiger charge is 2.31. The van der Waals surface area contributed by atoms with Crippen LogP contribution < -0.4 is 0 Å². The van der Waals surface area contributed by atoms with Gasteiger partial charge >= 0.3 is 5.66 Å². The number of benzene rings is 1. The molecule has 2 nitrogen and oxygen atoms in total. The Balaban J connectivity index is 1.85. The predicted octanol–water partition coefficient (Wildman–Crippen LogP) is 7.74. The van der Waals surface area contributed by atoms with Gasteiger partial charge in [0.25, 0.3) is 0 Å². The van der Waals surface area contributed by atoms with Crippen LogP contribution in [0, 0.1) is 0 Å². The van der Waals surface area contributed by atoms with Crippen molar-refractivity contribution < 1.29 is 13.3 Å². The van der Waals surface area contributed by atoms with Crippen LogP contribution in [0.3, 0.4) is 0 Å². The molecular formula is C26H30F2NOP. The Bertz CT molecular complexity index is 1040. The molecule has 0 saturated carbocycles. The van der Waals surface area contributed by atoms with Crippen LogP contribution in [0.5, 0.6) is 0 Å². The third kappa shape index (κ3) is 6.12. The fourth-order valence-corrected chi connectivity index (χ4v) is 4.15. The molecule has 0 amide bonds. The van der Waals surface area contributed by atoms with E-state index in [2.05, 4.69) is 53.8 Å². The lowest BCUT2D eigenvalue weighted by Crippen LogP contribution is -2.10. The van der Waals surface area contributed by atoms with E-state index in [-0.39, 0.29) is 12.2 Å². The van der Waals surface area contributed by atoms with Crippen molar-refractivity contribution in [2.75, 3.05) is 6.61 Å². The molecule has 1 aliphatic rings. The average Bonchev–Trinajstić information content (AvgIpc) is 3.12. The summed E-state index contributed by atoms with van der Waals surface area (Å²) in [6.45, 7) is 7.90. The molecule has 164 valence electrons. The number of nitrogens with zero attached hydrogens (tertiary/aromatic N) is 1. The molecule has 3 rings (SSSR count). The molecule has 5 heteroatoms. The monoisotopic (exact) mass is 441 g/mol. The molecule has 0 N–H and O–H groups in total. The van der Waals surface area contributed by atoms with Crippen LogP contribution >= 0.6 is 8.81 Å². The number of halogens is 2. The van der Waals surface area contributed by atoms with Crippen molar-refractivity contribution in [1.29, 1.82) is 0 Å². The summed E-state index contributed by atoms with van der Waals surface area (Å²) in [6.07, 6.45) is 16.9. The highest BCUT2D eigenvalue weighted by molar-refractivity contribution is 7.34. The summed E-state index contributed by atoms with van der Waals surface area (Å²) in [4.78, 5) is 0. The quantitative estimate of drug-likeness (QED) is 0.272. The van der Waals surface area contributed by atoms with Crippen molar-refractivity contribution in [3.63, 3.8) is 0 Å². The molecule has 1 aromatic heterocycles. The summed E-state index contributed by atoms with van der Waals surface area (Å²) in [5.41, 5.74) is 1.66. The van der Waals surface area contributed by atoms with Gasteiger partial charge in [0.05, 0.1) is 8.81 Å². The lowest BCUT2D eigenvalue weighted by Gasteiger charge is -2.16. The standard InChI is InChI=1S/C26H30F2NOP/c1-4-21(16-15-20(3)26(27,28)31-30-5-2)18-29-19-23(17-22-11-7-6-8-12-22)24-13-9-10-14-25(24)29/h4,7,9-16,19,31H,1,5-6,8,17-18H2,2-3H3/b20-15+,21-16+. The normalized spacial score (nSPS) is 15.8. The molecule has 1 aliphatic carbocycles. The van der Waals surface area contributed by atoms with Gasteiger partial charge in [-0.1, -0.05) is 61.2 Å². The van der Waals surface area contributed by atoms with Crippen LogP contribution in [0.4, 0.5) is 8.78 Å². The second-order valence-corrected chi connectivity index (χ2v) is 8.76. The van der Waals surface area contributed by atoms with E-state index in [1.807, 2.05) is 6.07 Å². The number of fused-ring (bicyclic) bond motifs is 1. The van der Waals surface area contributed by atoms with E-state index in [1.165, 1.54) is 29.5 Å². The van der Waals surface area contributed by atoms with Crippen LogP contribution in [-0.4, -0.2) is 16.8 Å². The zero-order valence-electron chi connectivity index (χ0n) is 18.2. The molecule has 1 unspecified atom stereocenters. The maximum Gasteiger partial charge on any atom is 0.307 e. The van der Waals surface area contributed by atoms with Crippen LogP contribution in [0.2, 0.25) is 0 Å². The van der Waals surface area contributed by atoms with Crippen LogP contribution in [0.15, 0.2) is 90.2 Å². The third-order valence-electron chi connectivity index (χ3n) is 5.34. The number of rotatable bonds is 10. The van der Waals surface area contributed by atoms with Gasteiger partial charge in [0.15, 0.2) is 0 Å². The van der Waals surface area contributed by atoms with Gasteiger partial charge in [0, 0.05) is 35.8 Å². The summed E-state index contributed by atoms with van der Waals surface area (Å²) in [5.74, 6) is 0.